The van der Waals surface area contributed by atoms with Gasteiger partial charge in [-0.2, -0.15) is 0 Å². The number of hydrogen-bond acceptors (Lipinski definition) is 1. The first-order chi connectivity index (χ1) is 8.22. The van der Waals surface area contributed by atoms with Gasteiger partial charge in [0.15, 0.2) is 5.96 Å². The topological polar surface area (TPSA) is 66.2 Å². The molecule has 0 unspecified atom stereocenters. The standard InChI is InChI=1S/C13H18N4/c1-9-4-3-5-11-12(9)10(8-17-11)6-7-16-13(14)15-2/h3-5,8,17H,6-7H2,1-2H3,(H3,14,15,16). The highest BCUT2D eigenvalue weighted by atomic mass is 15.1. The molecule has 0 bridgehead atoms. The van der Waals surface area contributed by atoms with Crippen molar-refractivity contribution in [1.29, 1.82) is 0 Å². The van der Waals surface area contributed by atoms with Crippen LogP contribution in [0, 0.1) is 6.92 Å². The second-order valence-electron chi connectivity index (χ2n) is 4.10. The van der Waals surface area contributed by atoms with Crippen LogP contribution in [0.5, 0.6) is 0 Å². The first-order valence-electron chi connectivity index (χ1n) is 5.74. The number of aromatic amines is 1. The van der Waals surface area contributed by atoms with E-state index in [4.69, 9.17) is 5.73 Å². The molecule has 4 N–H and O–H groups in total. The van der Waals surface area contributed by atoms with Crippen LogP contribution in [0.2, 0.25) is 0 Å². The number of H-pyrrole nitrogens is 1. The third kappa shape index (κ3) is 2.41. The predicted molar refractivity (Wildman–Crippen MR) is 72.3 cm³/mol. The summed E-state index contributed by atoms with van der Waals surface area (Å²) in [6.07, 6.45) is 3.00. The molecule has 0 saturated heterocycles. The van der Waals surface area contributed by atoms with Gasteiger partial charge in [0.05, 0.1) is 0 Å². The molecule has 4 heteroatoms. The van der Waals surface area contributed by atoms with Crippen LogP contribution >= 0.6 is 0 Å². The molecule has 0 aliphatic rings. The zero-order valence-corrected chi connectivity index (χ0v) is 10.2. The molecule has 17 heavy (non-hydrogen) atoms. The Hall–Kier alpha value is -1.97. The maximum Gasteiger partial charge on any atom is 0.188 e. The van der Waals surface area contributed by atoms with Gasteiger partial charge in [-0.25, -0.2) is 0 Å². The van der Waals surface area contributed by atoms with E-state index in [-0.39, 0.29) is 0 Å². The molecule has 2 rings (SSSR count). The first kappa shape index (κ1) is 11.5. The lowest BCUT2D eigenvalue weighted by Gasteiger charge is -2.05. The normalized spacial score (nSPS) is 12.0. The summed E-state index contributed by atoms with van der Waals surface area (Å²) in [5.74, 6) is 0.488. The fraction of sp³-hybridized carbons (Fsp3) is 0.308. The monoisotopic (exact) mass is 230 g/mol. The van der Waals surface area contributed by atoms with E-state index >= 15 is 0 Å². The minimum absolute atomic E-state index is 0.488. The largest absolute Gasteiger partial charge is 0.370 e. The SMILES string of the molecule is CN=C(N)NCCc1c[nH]c2cccc(C)c12. The second kappa shape index (κ2) is 4.91. The summed E-state index contributed by atoms with van der Waals surface area (Å²) in [7, 11) is 1.68. The van der Waals surface area contributed by atoms with Crippen LogP contribution in [0.3, 0.4) is 0 Å². The van der Waals surface area contributed by atoms with Crippen molar-refractivity contribution in [2.45, 2.75) is 13.3 Å². The van der Waals surface area contributed by atoms with E-state index in [2.05, 4.69) is 46.6 Å². The van der Waals surface area contributed by atoms with Gasteiger partial charge in [-0.3, -0.25) is 4.99 Å². The van der Waals surface area contributed by atoms with E-state index in [0.717, 1.165) is 13.0 Å². The molecule has 0 amide bonds. The molecule has 2 aromatic rings. The number of nitrogens with one attached hydrogen (secondary N) is 2. The summed E-state index contributed by atoms with van der Waals surface area (Å²) in [5.41, 5.74) is 9.39. The van der Waals surface area contributed by atoms with Crippen LogP contribution in [0.4, 0.5) is 0 Å². The Bertz CT molecular complexity index is 539. The van der Waals surface area contributed by atoms with Crippen LogP contribution in [0.15, 0.2) is 29.4 Å². The van der Waals surface area contributed by atoms with Gasteiger partial charge in [-0.05, 0) is 30.5 Å². The maximum atomic E-state index is 5.59. The van der Waals surface area contributed by atoms with E-state index in [1.165, 1.54) is 22.0 Å². The van der Waals surface area contributed by atoms with Gasteiger partial charge in [0, 0.05) is 30.7 Å². The number of guanidine groups is 1. The van der Waals surface area contributed by atoms with E-state index in [9.17, 15) is 0 Å². The average molecular weight is 230 g/mol. The van der Waals surface area contributed by atoms with Gasteiger partial charge in [-0.15, -0.1) is 0 Å². The number of aryl methyl sites for hydroxylation is 1. The third-order valence-electron chi connectivity index (χ3n) is 2.94. The summed E-state index contributed by atoms with van der Waals surface area (Å²) in [6, 6.07) is 6.30. The molecule has 4 nitrogen and oxygen atoms in total. The summed E-state index contributed by atoms with van der Waals surface area (Å²) >= 11 is 0. The van der Waals surface area contributed by atoms with Gasteiger partial charge >= 0.3 is 0 Å². The molecular formula is C13H18N4. The molecule has 1 aromatic heterocycles. The van der Waals surface area contributed by atoms with Crippen LogP contribution in [0.25, 0.3) is 10.9 Å². The number of aromatic nitrogens is 1. The lowest BCUT2D eigenvalue weighted by atomic mass is 10.1. The first-order valence-corrected chi connectivity index (χ1v) is 5.74. The smallest absolute Gasteiger partial charge is 0.188 e. The number of fused-ring (bicyclic) bond motifs is 1. The number of nitrogens with two attached hydrogens (primary N) is 1. The summed E-state index contributed by atoms with van der Waals surface area (Å²) < 4.78 is 0. The highest BCUT2D eigenvalue weighted by Gasteiger charge is 2.05. The zero-order valence-electron chi connectivity index (χ0n) is 10.2. The molecule has 0 radical (unpaired) electrons. The fourth-order valence-electron chi connectivity index (χ4n) is 2.05. The molecule has 1 heterocycles. The van der Waals surface area contributed by atoms with Crippen molar-refractivity contribution in [3.63, 3.8) is 0 Å². The van der Waals surface area contributed by atoms with E-state index in [1.807, 2.05) is 0 Å². The number of hydrogen-bond donors (Lipinski definition) is 3. The highest BCUT2D eigenvalue weighted by Crippen LogP contribution is 2.22. The van der Waals surface area contributed by atoms with Gasteiger partial charge in [0.25, 0.3) is 0 Å². The number of aliphatic imine (C=N–C) groups is 1. The minimum atomic E-state index is 0.488. The van der Waals surface area contributed by atoms with Crippen molar-refractivity contribution >= 4 is 16.9 Å². The Labute approximate surface area is 101 Å². The molecule has 0 spiro atoms. The quantitative estimate of drug-likeness (QED) is 0.553. The Morgan fingerprint density at radius 3 is 3.06 bits per heavy atom. The molecule has 90 valence electrons. The van der Waals surface area contributed by atoms with E-state index in [1.54, 1.807) is 7.05 Å². The molecule has 0 saturated carbocycles. The van der Waals surface area contributed by atoms with E-state index in [0.29, 0.717) is 5.96 Å². The highest BCUT2D eigenvalue weighted by molar-refractivity contribution is 5.86. The molecule has 1 aromatic carbocycles. The minimum Gasteiger partial charge on any atom is -0.370 e. The molecule has 0 aliphatic carbocycles. The summed E-state index contributed by atoms with van der Waals surface area (Å²) in [4.78, 5) is 7.15. The molecule has 0 fully saturated rings. The van der Waals surface area contributed by atoms with Crippen LogP contribution in [-0.4, -0.2) is 24.5 Å². The number of rotatable bonds is 3. The van der Waals surface area contributed by atoms with Gasteiger partial charge in [0.1, 0.15) is 0 Å². The molecule has 0 aliphatic heterocycles. The van der Waals surface area contributed by atoms with Crippen LogP contribution in [0.1, 0.15) is 11.1 Å². The Kier molecular flexibility index (Phi) is 3.32. The van der Waals surface area contributed by atoms with Crippen LogP contribution < -0.4 is 11.1 Å². The fourth-order valence-corrected chi connectivity index (χ4v) is 2.05. The lowest BCUT2D eigenvalue weighted by Crippen LogP contribution is -2.32. The van der Waals surface area contributed by atoms with Gasteiger partial charge in [0.2, 0.25) is 0 Å². The van der Waals surface area contributed by atoms with Gasteiger partial charge in [-0.1, -0.05) is 12.1 Å². The van der Waals surface area contributed by atoms with Crippen molar-refractivity contribution < 1.29 is 0 Å². The lowest BCUT2D eigenvalue weighted by molar-refractivity contribution is 0.860. The van der Waals surface area contributed by atoms with E-state index < -0.39 is 0 Å². The average Bonchev–Trinajstić information content (AvgIpc) is 2.74. The number of nitrogens with zero attached hydrogens (tertiary/aromatic N) is 1. The van der Waals surface area contributed by atoms with Crippen LogP contribution in [-0.2, 0) is 6.42 Å². The Morgan fingerprint density at radius 1 is 1.47 bits per heavy atom. The van der Waals surface area contributed by atoms with Crippen molar-refractivity contribution in [1.82, 2.24) is 10.3 Å². The van der Waals surface area contributed by atoms with Crippen molar-refractivity contribution in [3.8, 4) is 0 Å². The summed E-state index contributed by atoms with van der Waals surface area (Å²) in [5, 5.41) is 4.39. The number of benzene rings is 1. The predicted octanol–water partition coefficient (Wildman–Crippen LogP) is 1.55. The maximum absolute atomic E-state index is 5.59. The molecule has 0 atom stereocenters. The summed E-state index contributed by atoms with van der Waals surface area (Å²) in [6.45, 7) is 2.93. The second-order valence-corrected chi connectivity index (χ2v) is 4.10. The third-order valence-corrected chi connectivity index (χ3v) is 2.94. The van der Waals surface area contributed by atoms with Gasteiger partial charge < -0.3 is 16.0 Å². The Balaban J connectivity index is 2.14. The Morgan fingerprint density at radius 2 is 2.29 bits per heavy atom. The molecular weight excluding hydrogens is 212 g/mol. The van der Waals surface area contributed by atoms with Crippen molar-refractivity contribution in [3.05, 3.63) is 35.5 Å². The zero-order chi connectivity index (χ0) is 12.3. The van der Waals surface area contributed by atoms with Crippen molar-refractivity contribution in [2.24, 2.45) is 10.7 Å². The van der Waals surface area contributed by atoms with Crippen molar-refractivity contribution in [2.75, 3.05) is 13.6 Å².